The van der Waals surface area contributed by atoms with Gasteiger partial charge in [-0.25, -0.2) is 0 Å². The number of benzene rings is 4. The molecular weight excluding hydrogens is 606 g/mol. The first-order valence-electron chi connectivity index (χ1n) is 17.0. The van der Waals surface area contributed by atoms with Crippen LogP contribution in [0.4, 0.5) is 22.7 Å². The summed E-state index contributed by atoms with van der Waals surface area (Å²) >= 11 is 6.48. The third-order valence-electron chi connectivity index (χ3n) is 10.6. The summed E-state index contributed by atoms with van der Waals surface area (Å²) in [6.07, 6.45) is 11.4. The fraction of sp³-hybridized carbons (Fsp3) is 0.250. The molecule has 0 amide bonds. The van der Waals surface area contributed by atoms with Gasteiger partial charge in [0.2, 0.25) is 17.1 Å². The zero-order chi connectivity index (χ0) is 33.8. The first kappa shape index (κ1) is 32.0. The molecule has 4 heteroatoms. The summed E-state index contributed by atoms with van der Waals surface area (Å²) in [6, 6.07) is 34.6. The van der Waals surface area contributed by atoms with Crippen LogP contribution in [0.3, 0.4) is 0 Å². The van der Waals surface area contributed by atoms with Gasteiger partial charge in [0.15, 0.2) is 0 Å². The van der Waals surface area contributed by atoms with Crippen LogP contribution in [-0.2, 0) is 10.8 Å². The standard InChI is InChI=1S/C44H45ClN3/c1-30-18-24-38-36(28-30)43(2,3)40(46(38)6)26-21-31-19-20-32(22-27-41-44(4,5)37-29-33(45)23-25-39(37)47(41)7)42(31)48(34-14-10-8-11-15-34)35-16-12-9-13-17-35/h8-18,21-29H,19-20H2,1-7H3/q+1. The molecule has 3 nitrogen and oxygen atoms in total. The van der Waals surface area contributed by atoms with Gasteiger partial charge in [-0.3, -0.25) is 0 Å². The molecule has 48 heavy (non-hydrogen) atoms. The van der Waals surface area contributed by atoms with Gasteiger partial charge in [0, 0.05) is 88.1 Å². The van der Waals surface area contributed by atoms with Crippen molar-refractivity contribution >= 4 is 40.1 Å². The van der Waals surface area contributed by atoms with Crippen molar-refractivity contribution in [3.8, 4) is 0 Å². The molecular formula is C44H45ClN3+. The lowest BCUT2D eigenvalue weighted by molar-refractivity contribution is 0.639. The van der Waals surface area contributed by atoms with Gasteiger partial charge in [0.25, 0.3) is 0 Å². The van der Waals surface area contributed by atoms with Crippen LogP contribution < -0.4 is 14.4 Å². The van der Waals surface area contributed by atoms with Gasteiger partial charge >= 0.3 is 0 Å². The summed E-state index contributed by atoms with van der Waals surface area (Å²) in [7, 11) is 4.37. The second-order valence-corrected chi connectivity index (χ2v) is 14.8. The Morgan fingerprint density at radius 2 is 1.06 bits per heavy atom. The minimum Gasteiger partial charge on any atom is -0.347 e. The normalized spacial score (nSPS) is 21.1. The molecule has 1 aliphatic carbocycles. The zero-order valence-corrected chi connectivity index (χ0v) is 29.9. The Labute approximate surface area is 291 Å². The van der Waals surface area contributed by atoms with Gasteiger partial charge in [-0.15, -0.1) is 0 Å². The zero-order valence-electron chi connectivity index (χ0n) is 29.2. The number of aryl methyl sites for hydroxylation is 1. The van der Waals surface area contributed by atoms with Crippen LogP contribution in [0.5, 0.6) is 0 Å². The Hall–Kier alpha value is -4.60. The van der Waals surface area contributed by atoms with Crippen LogP contribution in [-0.4, -0.2) is 19.8 Å². The number of rotatable bonds is 4. The summed E-state index contributed by atoms with van der Waals surface area (Å²) in [4.78, 5) is 4.69. The van der Waals surface area contributed by atoms with E-state index < -0.39 is 0 Å². The second-order valence-electron chi connectivity index (χ2n) is 14.4. The Kier molecular flexibility index (Phi) is 8.08. The largest absolute Gasteiger partial charge is 0.347 e. The lowest BCUT2D eigenvalue weighted by Crippen LogP contribution is -2.23. The quantitative estimate of drug-likeness (QED) is 0.203. The van der Waals surface area contributed by atoms with E-state index in [9.17, 15) is 0 Å². The van der Waals surface area contributed by atoms with E-state index >= 15 is 0 Å². The third-order valence-corrected chi connectivity index (χ3v) is 10.8. The van der Waals surface area contributed by atoms with E-state index in [1.54, 1.807) is 0 Å². The Morgan fingerprint density at radius 1 is 0.604 bits per heavy atom. The van der Waals surface area contributed by atoms with Gasteiger partial charge in [0.05, 0.1) is 0 Å². The predicted molar refractivity (Wildman–Crippen MR) is 206 cm³/mol. The van der Waals surface area contributed by atoms with Crippen LogP contribution >= 0.6 is 11.6 Å². The smallest absolute Gasteiger partial charge is 0.218 e. The molecule has 242 valence electrons. The summed E-state index contributed by atoms with van der Waals surface area (Å²) in [6.45, 7) is 11.5. The molecule has 0 N–H and O–H groups in total. The Balaban J connectivity index is 1.41. The van der Waals surface area contributed by atoms with Gasteiger partial charge in [-0.05, 0) is 67.3 Å². The van der Waals surface area contributed by atoms with Crippen LogP contribution in [0.25, 0.3) is 0 Å². The van der Waals surface area contributed by atoms with E-state index in [1.807, 2.05) is 6.07 Å². The van der Waals surface area contributed by atoms with E-state index in [0.29, 0.717) is 0 Å². The maximum atomic E-state index is 6.48. The van der Waals surface area contributed by atoms with Crippen LogP contribution in [0.2, 0.25) is 5.02 Å². The number of hydrogen-bond donors (Lipinski definition) is 0. The molecule has 7 rings (SSSR count). The summed E-state index contributed by atoms with van der Waals surface area (Å²) in [5, 5.41) is 0.779. The van der Waals surface area contributed by atoms with Crippen molar-refractivity contribution in [3.05, 3.63) is 166 Å². The van der Waals surface area contributed by atoms with E-state index in [4.69, 9.17) is 11.6 Å². The van der Waals surface area contributed by atoms with Crippen molar-refractivity contribution in [2.75, 3.05) is 23.9 Å². The van der Waals surface area contributed by atoms with E-state index in [-0.39, 0.29) is 10.8 Å². The molecule has 1 fully saturated rings. The number of halogens is 1. The molecule has 0 saturated heterocycles. The van der Waals surface area contributed by atoms with E-state index in [2.05, 4.69) is 178 Å². The highest BCUT2D eigenvalue weighted by Crippen LogP contribution is 2.49. The minimum atomic E-state index is -0.168. The maximum Gasteiger partial charge on any atom is 0.218 e. The summed E-state index contributed by atoms with van der Waals surface area (Å²) in [5.74, 6) is 0. The lowest BCUT2D eigenvalue weighted by atomic mass is 9.83. The van der Waals surface area contributed by atoms with Gasteiger partial charge < -0.3 is 9.80 Å². The highest BCUT2D eigenvalue weighted by atomic mass is 35.5. The van der Waals surface area contributed by atoms with Crippen molar-refractivity contribution in [1.82, 2.24) is 4.58 Å². The van der Waals surface area contributed by atoms with Gasteiger partial charge in [-0.1, -0.05) is 106 Å². The average molecular weight is 651 g/mol. The van der Waals surface area contributed by atoms with Crippen LogP contribution in [0.1, 0.15) is 57.2 Å². The van der Waals surface area contributed by atoms with Crippen LogP contribution in [0.15, 0.2) is 144 Å². The van der Waals surface area contributed by atoms with Crippen molar-refractivity contribution in [1.29, 1.82) is 0 Å². The number of allylic oxidation sites excluding steroid dienone is 8. The van der Waals surface area contributed by atoms with E-state index in [1.165, 1.54) is 56.3 Å². The molecule has 3 aliphatic rings. The average Bonchev–Trinajstić information content (AvgIpc) is 3.61. The number of nitrogens with zero attached hydrogens (tertiary/aromatic N) is 3. The third kappa shape index (κ3) is 5.35. The molecule has 0 atom stereocenters. The number of likely N-dealkylation sites (N-methyl/N-ethyl adjacent to an activating group) is 2. The molecule has 0 aromatic heterocycles. The van der Waals surface area contributed by atoms with Crippen molar-refractivity contribution in [2.24, 2.45) is 0 Å². The molecule has 0 bridgehead atoms. The van der Waals surface area contributed by atoms with Crippen molar-refractivity contribution in [3.63, 3.8) is 0 Å². The highest BCUT2D eigenvalue weighted by Gasteiger charge is 2.40. The maximum absolute atomic E-state index is 6.48. The van der Waals surface area contributed by atoms with Crippen molar-refractivity contribution in [2.45, 2.75) is 58.3 Å². The fourth-order valence-electron chi connectivity index (χ4n) is 8.00. The number of para-hydroxylation sites is 2. The molecule has 4 aromatic rings. The Bertz CT molecular complexity index is 1910. The molecule has 0 unspecified atom stereocenters. The summed E-state index contributed by atoms with van der Waals surface area (Å²) in [5.41, 5.74) is 15.0. The number of anilines is 2. The van der Waals surface area contributed by atoms with Gasteiger partial charge in [0.1, 0.15) is 0 Å². The van der Waals surface area contributed by atoms with Crippen molar-refractivity contribution < 1.29 is 0 Å². The molecule has 0 spiro atoms. The summed E-state index contributed by atoms with van der Waals surface area (Å²) < 4.78 is 2.45. The highest BCUT2D eigenvalue weighted by molar-refractivity contribution is 6.30. The number of hydrogen-bond acceptors (Lipinski definition) is 2. The predicted octanol–water partition coefficient (Wildman–Crippen LogP) is 11.2. The van der Waals surface area contributed by atoms with Gasteiger partial charge in [-0.2, -0.15) is 4.58 Å². The fourth-order valence-corrected chi connectivity index (χ4v) is 8.18. The topological polar surface area (TPSA) is 9.49 Å². The Morgan fingerprint density at radius 3 is 1.56 bits per heavy atom. The number of fused-ring (bicyclic) bond motifs is 2. The molecule has 1 saturated carbocycles. The molecule has 2 heterocycles. The molecule has 2 aliphatic heterocycles. The first-order valence-corrected chi connectivity index (χ1v) is 17.4. The minimum absolute atomic E-state index is 0.0931. The molecule has 0 radical (unpaired) electrons. The second kappa shape index (κ2) is 12.1. The first-order chi connectivity index (χ1) is 23.0. The monoisotopic (exact) mass is 650 g/mol. The van der Waals surface area contributed by atoms with Crippen LogP contribution in [0, 0.1) is 6.92 Å². The SMILES string of the molecule is Cc1ccc2c(c1)C(C)(C)C(=CC=C1CC/C(=C\C=C3\N(C)c4ccc(Cl)cc4C3(C)C)C1=[N+](c1ccccc1)c1ccccc1)N2C. The lowest BCUT2D eigenvalue weighted by Gasteiger charge is -2.24. The molecule has 4 aromatic carbocycles. The van der Waals surface area contributed by atoms with E-state index in [0.717, 1.165) is 29.2 Å².